The molecule has 0 aliphatic rings. The molecule has 1 unspecified atom stereocenters. The largest absolute Gasteiger partial charge is 0.466 e. The molecule has 4 nitrogen and oxygen atoms in total. The highest BCUT2D eigenvalue weighted by atomic mass is 16.5. The van der Waals surface area contributed by atoms with Crippen LogP contribution in [0.5, 0.6) is 0 Å². The number of benzene rings is 2. The molecule has 2 aromatic rings. The van der Waals surface area contributed by atoms with Crippen LogP contribution in [0.1, 0.15) is 71.3 Å². The van der Waals surface area contributed by atoms with E-state index in [1.807, 2.05) is 36.4 Å². The Kier molecular flexibility index (Phi) is 10.4. The summed E-state index contributed by atoms with van der Waals surface area (Å²) >= 11 is 0. The molecule has 2 rings (SSSR count). The highest BCUT2D eigenvalue weighted by Crippen LogP contribution is 2.17. The smallest absolute Gasteiger partial charge is 0.306 e. The van der Waals surface area contributed by atoms with Gasteiger partial charge >= 0.3 is 11.9 Å². The van der Waals surface area contributed by atoms with Crippen LogP contribution in [-0.4, -0.2) is 18.5 Å². The molecule has 0 aliphatic heterocycles. The molecule has 0 saturated heterocycles. The summed E-state index contributed by atoms with van der Waals surface area (Å²) in [6.07, 6.45) is 5.51. The third-order valence-corrected chi connectivity index (χ3v) is 5.33. The van der Waals surface area contributed by atoms with Crippen LogP contribution >= 0.6 is 0 Å². The molecule has 0 bridgehead atoms. The van der Waals surface area contributed by atoms with Gasteiger partial charge < -0.3 is 9.47 Å². The molecular formula is C26H36O4. The van der Waals surface area contributed by atoms with Crippen molar-refractivity contribution in [3.8, 4) is 0 Å². The van der Waals surface area contributed by atoms with Crippen LogP contribution in [0.2, 0.25) is 0 Å². The minimum Gasteiger partial charge on any atom is -0.466 e. The van der Waals surface area contributed by atoms with Crippen LogP contribution in [0.15, 0.2) is 42.5 Å². The normalized spacial score (nSPS) is 12.1. The minimum absolute atomic E-state index is 0.230. The molecule has 4 heteroatoms. The Balaban J connectivity index is 1.54. The number of carbonyl (C=O) groups excluding carboxylic acids is 2. The van der Waals surface area contributed by atoms with Crippen LogP contribution in [0.3, 0.4) is 0 Å². The van der Waals surface area contributed by atoms with Crippen molar-refractivity contribution in [1.82, 2.24) is 0 Å². The quantitative estimate of drug-likeness (QED) is 0.355. The number of esters is 2. The van der Waals surface area contributed by atoms with Crippen molar-refractivity contribution < 1.29 is 19.1 Å². The summed E-state index contributed by atoms with van der Waals surface area (Å²) < 4.78 is 10.6. The van der Waals surface area contributed by atoms with Crippen molar-refractivity contribution in [2.45, 2.75) is 72.3 Å². The summed E-state index contributed by atoms with van der Waals surface area (Å²) in [6.45, 7) is 7.41. The molecule has 1 atom stereocenters. The van der Waals surface area contributed by atoms with E-state index in [4.69, 9.17) is 9.47 Å². The van der Waals surface area contributed by atoms with Gasteiger partial charge in [0, 0.05) is 12.8 Å². The van der Waals surface area contributed by atoms with E-state index in [1.54, 1.807) is 0 Å². The van der Waals surface area contributed by atoms with Gasteiger partial charge in [-0.1, -0.05) is 76.4 Å². The third kappa shape index (κ3) is 9.43. The monoisotopic (exact) mass is 412 g/mol. The molecular weight excluding hydrogens is 376 g/mol. The maximum absolute atomic E-state index is 11.9. The Labute approximate surface area is 181 Å². The van der Waals surface area contributed by atoms with Crippen molar-refractivity contribution in [3.63, 3.8) is 0 Å². The molecule has 0 saturated carbocycles. The van der Waals surface area contributed by atoms with Crippen molar-refractivity contribution in [3.05, 3.63) is 48.0 Å². The number of rotatable bonds is 13. The first-order valence-electron chi connectivity index (χ1n) is 11.2. The van der Waals surface area contributed by atoms with Crippen molar-refractivity contribution in [2.75, 3.05) is 6.61 Å². The van der Waals surface area contributed by atoms with Gasteiger partial charge in [0.1, 0.15) is 6.61 Å². The molecule has 0 amide bonds. The molecule has 0 aliphatic carbocycles. The fraction of sp³-hybridized carbons (Fsp3) is 0.538. The van der Waals surface area contributed by atoms with E-state index in [0.29, 0.717) is 18.9 Å². The first-order valence-corrected chi connectivity index (χ1v) is 11.2. The standard InChI is InChI=1S/C26H36O4/c1-20(2)8-6-9-21(3)16-17-29-25(27)12-7-13-26(28)30-19-22-14-15-23-10-4-5-11-24(23)18-22/h4-5,10-11,14-15,18,20-21H,6-9,12-13,16-17,19H2,1-3H3. The summed E-state index contributed by atoms with van der Waals surface area (Å²) in [5.74, 6) is 0.803. The molecule has 0 radical (unpaired) electrons. The number of carbonyl (C=O) groups is 2. The van der Waals surface area contributed by atoms with Crippen molar-refractivity contribution in [2.24, 2.45) is 11.8 Å². The number of hydrogen-bond acceptors (Lipinski definition) is 4. The maximum atomic E-state index is 11.9. The van der Waals surface area contributed by atoms with E-state index in [0.717, 1.165) is 28.7 Å². The van der Waals surface area contributed by atoms with Gasteiger partial charge in [0.25, 0.3) is 0 Å². The Morgan fingerprint density at radius 3 is 2.23 bits per heavy atom. The first-order chi connectivity index (χ1) is 14.4. The summed E-state index contributed by atoms with van der Waals surface area (Å²) in [5, 5.41) is 2.29. The van der Waals surface area contributed by atoms with Gasteiger partial charge in [-0.3, -0.25) is 9.59 Å². The van der Waals surface area contributed by atoms with E-state index in [9.17, 15) is 9.59 Å². The topological polar surface area (TPSA) is 52.6 Å². The van der Waals surface area contributed by atoms with Gasteiger partial charge in [0.05, 0.1) is 6.61 Å². The average molecular weight is 413 g/mol. The molecule has 164 valence electrons. The molecule has 0 heterocycles. The van der Waals surface area contributed by atoms with E-state index < -0.39 is 0 Å². The number of hydrogen-bond donors (Lipinski definition) is 0. The number of ether oxygens (including phenoxy) is 2. The van der Waals surface area contributed by atoms with Gasteiger partial charge in [-0.25, -0.2) is 0 Å². The first kappa shape index (κ1) is 23.9. The molecule has 30 heavy (non-hydrogen) atoms. The lowest BCUT2D eigenvalue weighted by Crippen LogP contribution is -2.10. The van der Waals surface area contributed by atoms with Crippen LogP contribution in [0, 0.1) is 11.8 Å². The molecule has 0 fully saturated rings. The lowest BCUT2D eigenvalue weighted by molar-refractivity contribution is -0.146. The van der Waals surface area contributed by atoms with Gasteiger partial charge in [-0.05, 0) is 47.1 Å². The van der Waals surface area contributed by atoms with Crippen LogP contribution in [0.4, 0.5) is 0 Å². The van der Waals surface area contributed by atoms with Gasteiger partial charge in [0.2, 0.25) is 0 Å². The van der Waals surface area contributed by atoms with E-state index in [-0.39, 0.29) is 31.4 Å². The zero-order valence-corrected chi connectivity index (χ0v) is 18.7. The Bertz CT molecular complexity index is 796. The lowest BCUT2D eigenvalue weighted by atomic mass is 9.98. The van der Waals surface area contributed by atoms with E-state index in [2.05, 4.69) is 26.8 Å². The Morgan fingerprint density at radius 1 is 0.800 bits per heavy atom. The fourth-order valence-electron chi connectivity index (χ4n) is 3.41. The van der Waals surface area contributed by atoms with Crippen molar-refractivity contribution >= 4 is 22.7 Å². The van der Waals surface area contributed by atoms with Gasteiger partial charge in [-0.2, -0.15) is 0 Å². The van der Waals surface area contributed by atoms with Crippen LogP contribution < -0.4 is 0 Å². The highest BCUT2D eigenvalue weighted by Gasteiger charge is 2.09. The second-order valence-electron chi connectivity index (χ2n) is 8.63. The molecule has 0 N–H and O–H groups in total. The summed E-state index contributed by atoms with van der Waals surface area (Å²) in [4.78, 5) is 23.8. The zero-order chi connectivity index (χ0) is 21.8. The predicted octanol–water partition coefficient (Wildman–Crippen LogP) is 6.45. The zero-order valence-electron chi connectivity index (χ0n) is 18.7. The second kappa shape index (κ2) is 13.0. The van der Waals surface area contributed by atoms with Crippen molar-refractivity contribution in [1.29, 1.82) is 0 Å². The van der Waals surface area contributed by atoms with E-state index in [1.165, 1.54) is 19.3 Å². The summed E-state index contributed by atoms with van der Waals surface area (Å²) in [5.41, 5.74) is 0.962. The predicted molar refractivity (Wildman–Crippen MR) is 121 cm³/mol. The summed E-state index contributed by atoms with van der Waals surface area (Å²) in [6, 6.07) is 14.1. The van der Waals surface area contributed by atoms with Crippen LogP contribution in [-0.2, 0) is 25.7 Å². The third-order valence-electron chi connectivity index (χ3n) is 5.33. The van der Waals surface area contributed by atoms with E-state index >= 15 is 0 Å². The maximum Gasteiger partial charge on any atom is 0.306 e. The minimum atomic E-state index is -0.283. The lowest BCUT2D eigenvalue weighted by Gasteiger charge is -2.12. The highest BCUT2D eigenvalue weighted by molar-refractivity contribution is 5.83. The Morgan fingerprint density at radius 2 is 1.50 bits per heavy atom. The SMILES string of the molecule is CC(C)CCCC(C)CCOC(=O)CCCC(=O)OCc1ccc2ccccc2c1. The van der Waals surface area contributed by atoms with Crippen LogP contribution in [0.25, 0.3) is 10.8 Å². The Hall–Kier alpha value is -2.36. The average Bonchev–Trinajstić information content (AvgIpc) is 2.72. The second-order valence-corrected chi connectivity index (χ2v) is 8.63. The molecule has 0 aromatic heterocycles. The number of fused-ring (bicyclic) bond motifs is 1. The summed E-state index contributed by atoms with van der Waals surface area (Å²) in [7, 11) is 0. The molecule has 0 spiro atoms. The van der Waals surface area contributed by atoms with Gasteiger partial charge in [-0.15, -0.1) is 0 Å². The van der Waals surface area contributed by atoms with Gasteiger partial charge in [0.15, 0.2) is 0 Å². The molecule has 2 aromatic carbocycles. The fourth-order valence-corrected chi connectivity index (χ4v) is 3.41.